The Labute approximate surface area is 120 Å². The van der Waals surface area contributed by atoms with Gasteiger partial charge in [-0.3, -0.25) is 0 Å². The molecule has 0 spiro atoms. The predicted octanol–water partition coefficient (Wildman–Crippen LogP) is 2.05. The summed E-state index contributed by atoms with van der Waals surface area (Å²) in [7, 11) is 0. The van der Waals surface area contributed by atoms with Gasteiger partial charge in [0.05, 0.1) is 6.33 Å². The summed E-state index contributed by atoms with van der Waals surface area (Å²) in [6.07, 6.45) is 9.16. The third kappa shape index (κ3) is 2.70. The van der Waals surface area contributed by atoms with Gasteiger partial charge in [-0.05, 0) is 30.9 Å². The van der Waals surface area contributed by atoms with Gasteiger partial charge in [-0.15, -0.1) is 0 Å². The minimum absolute atomic E-state index is 0.479. The highest BCUT2D eigenvalue weighted by atomic mass is 15.2. The number of aryl methyl sites for hydroxylation is 2. The van der Waals surface area contributed by atoms with Crippen LogP contribution < -0.4 is 10.6 Å². The van der Waals surface area contributed by atoms with Gasteiger partial charge in [0.15, 0.2) is 0 Å². The molecule has 3 rings (SSSR count). The predicted molar refractivity (Wildman–Crippen MR) is 81.8 cm³/mol. The molecule has 1 aliphatic heterocycles. The Kier molecular flexibility index (Phi) is 4.02. The van der Waals surface area contributed by atoms with E-state index in [0.717, 1.165) is 32.5 Å². The molecular formula is C16H22N4. The third-order valence-electron chi connectivity index (χ3n) is 4.14. The lowest BCUT2D eigenvalue weighted by atomic mass is 9.95. The minimum Gasteiger partial charge on any atom is -0.367 e. The number of hydrogen-bond donors (Lipinski definition) is 1. The number of benzene rings is 1. The lowest BCUT2D eigenvalue weighted by Gasteiger charge is -2.38. The first-order valence-electron chi connectivity index (χ1n) is 7.39. The largest absolute Gasteiger partial charge is 0.367 e. The molecule has 2 aromatic rings. The fraction of sp³-hybridized carbons (Fsp3) is 0.438. The van der Waals surface area contributed by atoms with Crippen molar-refractivity contribution in [3.05, 3.63) is 48.5 Å². The van der Waals surface area contributed by atoms with Crippen LogP contribution in [0.5, 0.6) is 0 Å². The first kappa shape index (κ1) is 13.2. The van der Waals surface area contributed by atoms with Crippen molar-refractivity contribution in [2.24, 2.45) is 5.73 Å². The van der Waals surface area contributed by atoms with E-state index in [1.165, 1.54) is 17.7 Å². The number of aromatic nitrogens is 2. The van der Waals surface area contributed by atoms with Crippen LogP contribution in [0.25, 0.3) is 0 Å². The van der Waals surface area contributed by atoms with Crippen LogP contribution in [-0.4, -0.2) is 28.7 Å². The number of nitrogens with two attached hydrogens (primary N) is 1. The zero-order valence-corrected chi connectivity index (χ0v) is 11.8. The molecule has 2 heterocycles. The van der Waals surface area contributed by atoms with Crippen LogP contribution >= 0.6 is 0 Å². The van der Waals surface area contributed by atoms with Crippen molar-refractivity contribution < 1.29 is 0 Å². The van der Waals surface area contributed by atoms with E-state index in [0.29, 0.717) is 6.04 Å². The molecule has 4 nitrogen and oxygen atoms in total. The topological polar surface area (TPSA) is 47.1 Å². The summed E-state index contributed by atoms with van der Waals surface area (Å²) in [6, 6.07) is 9.21. The van der Waals surface area contributed by atoms with E-state index in [-0.39, 0.29) is 0 Å². The van der Waals surface area contributed by atoms with Crippen LogP contribution in [0.15, 0.2) is 43.0 Å². The average Bonchev–Trinajstić information content (AvgIpc) is 3.00. The first-order valence-corrected chi connectivity index (χ1v) is 7.39. The van der Waals surface area contributed by atoms with Crippen molar-refractivity contribution in [3.8, 4) is 0 Å². The molecule has 0 fully saturated rings. The van der Waals surface area contributed by atoms with Gasteiger partial charge in [-0.2, -0.15) is 0 Å². The van der Waals surface area contributed by atoms with E-state index in [9.17, 15) is 0 Å². The number of fused-ring (bicyclic) bond motifs is 1. The van der Waals surface area contributed by atoms with E-state index in [4.69, 9.17) is 5.73 Å². The Morgan fingerprint density at radius 3 is 2.95 bits per heavy atom. The van der Waals surface area contributed by atoms with Gasteiger partial charge >= 0.3 is 0 Å². The highest BCUT2D eigenvalue weighted by Crippen LogP contribution is 2.30. The molecule has 0 saturated carbocycles. The molecule has 0 aliphatic carbocycles. The Bertz CT molecular complexity index is 535. The number of para-hydroxylation sites is 1. The summed E-state index contributed by atoms with van der Waals surface area (Å²) in [5, 5.41) is 0. The molecule has 0 saturated heterocycles. The number of anilines is 1. The van der Waals surface area contributed by atoms with E-state index in [1.54, 1.807) is 0 Å². The summed E-state index contributed by atoms with van der Waals surface area (Å²) in [6.45, 7) is 2.80. The van der Waals surface area contributed by atoms with Crippen molar-refractivity contribution in [1.82, 2.24) is 9.55 Å². The maximum atomic E-state index is 5.96. The molecule has 1 aromatic carbocycles. The fourth-order valence-electron chi connectivity index (χ4n) is 3.07. The van der Waals surface area contributed by atoms with Crippen molar-refractivity contribution in [3.63, 3.8) is 0 Å². The zero-order valence-electron chi connectivity index (χ0n) is 11.8. The van der Waals surface area contributed by atoms with Crippen molar-refractivity contribution in [1.29, 1.82) is 0 Å². The van der Waals surface area contributed by atoms with E-state index in [2.05, 4.69) is 38.7 Å². The van der Waals surface area contributed by atoms with Crippen molar-refractivity contribution in [2.45, 2.75) is 31.8 Å². The molecule has 0 radical (unpaired) electrons. The summed E-state index contributed by atoms with van der Waals surface area (Å²) in [5.74, 6) is 0. The number of nitrogens with zero attached hydrogens (tertiary/aromatic N) is 3. The van der Waals surface area contributed by atoms with E-state index < -0.39 is 0 Å². The molecule has 2 N–H and O–H groups in total. The number of rotatable bonds is 5. The molecule has 106 valence electrons. The van der Waals surface area contributed by atoms with Crippen molar-refractivity contribution >= 4 is 5.69 Å². The fourth-order valence-corrected chi connectivity index (χ4v) is 3.07. The van der Waals surface area contributed by atoms with Crippen LogP contribution in [0.3, 0.4) is 0 Å². The SMILES string of the molecule is NCC1CCc2ccccc2N1CCCn1ccnc1. The zero-order chi connectivity index (χ0) is 13.8. The second-order valence-electron chi connectivity index (χ2n) is 5.40. The second kappa shape index (κ2) is 6.09. The van der Waals surface area contributed by atoms with Crippen LogP contribution in [-0.2, 0) is 13.0 Å². The molecule has 0 bridgehead atoms. The molecule has 0 amide bonds. The molecule has 1 unspecified atom stereocenters. The lowest BCUT2D eigenvalue weighted by Crippen LogP contribution is -2.44. The molecule has 1 aliphatic rings. The molecule has 4 heteroatoms. The highest BCUT2D eigenvalue weighted by molar-refractivity contribution is 5.56. The quantitative estimate of drug-likeness (QED) is 0.904. The van der Waals surface area contributed by atoms with Gasteiger partial charge in [0, 0.05) is 43.8 Å². The Morgan fingerprint density at radius 2 is 2.15 bits per heavy atom. The van der Waals surface area contributed by atoms with Gasteiger partial charge in [0.2, 0.25) is 0 Å². The summed E-state index contributed by atoms with van der Waals surface area (Å²) >= 11 is 0. The minimum atomic E-state index is 0.479. The van der Waals surface area contributed by atoms with E-state index >= 15 is 0 Å². The van der Waals surface area contributed by atoms with Gasteiger partial charge in [-0.1, -0.05) is 18.2 Å². The molecule has 1 atom stereocenters. The smallest absolute Gasteiger partial charge is 0.0945 e. The Hall–Kier alpha value is -1.81. The average molecular weight is 270 g/mol. The molecule has 20 heavy (non-hydrogen) atoms. The van der Waals surface area contributed by atoms with E-state index in [1.807, 2.05) is 18.7 Å². The standard InChI is InChI=1S/C16H22N4/c17-12-15-7-6-14-4-1-2-5-16(14)20(15)10-3-9-19-11-8-18-13-19/h1-2,4-5,8,11,13,15H,3,6-7,9-10,12,17H2. The summed E-state index contributed by atoms with van der Waals surface area (Å²) < 4.78 is 2.13. The molecule has 1 aromatic heterocycles. The third-order valence-corrected chi connectivity index (χ3v) is 4.14. The number of hydrogen-bond acceptors (Lipinski definition) is 3. The lowest BCUT2D eigenvalue weighted by molar-refractivity contribution is 0.511. The normalized spacial score (nSPS) is 18.1. The van der Waals surface area contributed by atoms with Crippen molar-refractivity contribution in [2.75, 3.05) is 18.0 Å². The summed E-state index contributed by atoms with van der Waals surface area (Å²) in [4.78, 5) is 6.58. The maximum Gasteiger partial charge on any atom is 0.0945 e. The highest BCUT2D eigenvalue weighted by Gasteiger charge is 2.24. The number of imidazole rings is 1. The van der Waals surface area contributed by atoms with Crippen LogP contribution in [0.4, 0.5) is 5.69 Å². The van der Waals surface area contributed by atoms with Gasteiger partial charge in [0.1, 0.15) is 0 Å². The Balaban J connectivity index is 1.69. The first-order chi connectivity index (χ1) is 9.88. The van der Waals surface area contributed by atoms with Crippen LogP contribution in [0.2, 0.25) is 0 Å². The Morgan fingerprint density at radius 1 is 1.25 bits per heavy atom. The van der Waals surface area contributed by atoms with Gasteiger partial charge in [0.25, 0.3) is 0 Å². The van der Waals surface area contributed by atoms with Gasteiger partial charge < -0.3 is 15.2 Å². The van der Waals surface area contributed by atoms with Gasteiger partial charge in [-0.25, -0.2) is 4.98 Å². The van der Waals surface area contributed by atoms with Crippen LogP contribution in [0, 0.1) is 0 Å². The molecular weight excluding hydrogens is 248 g/mol. The monoisotopic (exact) mass is 270 g/mol. The van der Waals surface area contributed by atoms with Crippen LogP contribution in [0.1, 0.15) is 18.4 Å². The second-order valence-corrected chi connectivity index (χ2v) is 5.40. The maximum absolute atomic E-state index is 5.96. The summed E-state index contributed by atoms with van der Waals surface area (Å²) in [5.41, 5.74) is 8.79.